The summed E-state index contributed by atoms with van der Waals surface area (Å²) < 4.78 is 7.76. The normalized spacial score (nSPS) is 11.4. The molecule has 0 saturated heterocycles. The van der Waals surface area contributed by atoms with Crippen LogP contribution in [-0.2, 0) is 0 Å². The van der Waals surface area contributed by atoms with E-state index in [1.165, 1.54) is 6.21 Å². The number of aryl methyl sites for hydroxylation is 2. The molecule has 3 aromatic rings. The van der Waals surface area contributed by atoms with Gasteiger partial charge in [0.15, 0.2) is 5.82 Å². The molecule has 0 bridgehead atoms. The van der Waals surface area contributed by atoms with Crippen LogP contribution in [0.25, 0.3) is 5.82 Å². The molecule has 3 heterocycles. The zero-order chi connectivity index (χ0) is 21.5. The number of allylic oxidation sites excluding steroid dienone is 1. The lowest BCUT2D eigenvalue weighted by atomic mass is 10.2. The number of hydrogen-bond acceptors (Lipinski definition) is 7. The van der Waals surface area contributed by atoms with Gasteiger partial charge in [-0.2, -0.15) is 9.78 Å². The first-order chi connectivity index (χ1) is 14.4. The second kappa shape index (κ2) is 9.69. The first-order valence-corrected chi connectivity index (χ1v) is 9.80. The fourth-order valence-corrected chi connectivity index (χ4v) is 2.69. The van der Waals surface area contributed by atoms with E-state index in [-0.39, 0.29) is 0 Å². The van der Waals surface area contributed by atoms with Gasteiger partial charge in [-0.05, 0) is 38.0 Å². The molecule has 0 amide bonds. The topological polar surface area (TPSA) is 101 Å². The molecule has 0 aliphatic carbocycles. The summed E-state index contributed by atoms with van der Waals surface area (Å²) in [6.45, 7) is 8.92. The molecule has 0 radical (unpaired) electrons. The molecule has 0 aliphatic heterocycles. The van der Waals surface area contributed by atoms with E-state index >= 15 is 0 Å². The summed E-state index contributed by atoms with van der Waals surface area (Å²) in [7, 11) is 0. The third-order valence-electron chi connectivity index (χ3n) is 4.05. The molecule has 0 fully saturated rings. The first kappa shape index (κ1) is 21.0. The summed E-state index contributed by atoms with van der Waals surface area (Å²) in [5.74, 6) is 2.94. The Morgan fingerprint density at radius 1 is 1.20 bits per heavy atom. The molecule has 0 aliphatic rings. The van der Waals surface area contributed by atoms with Gasteiger partial charge in [0.2, 0.25) is 5.88 Å². The third kappa shape index (κ3) is 5.66. The summed E-state index contributed by atoms with van der Waals surface area (Å²) in [4.78, 5) is 8.84. The number of ether oxygens (including phenoxy) is 1. The van der Waals surface area contributed by atoms with Crippen molar-refractivity contribution in [2.45, 2.75) is 27.7 Å². The minimum Gasteiger partial charge on any atom is -0.439 e. The summed E-state index contributed by atoms with van der Waals surface area (Å²) in [5.41, 5.74) is 2.33. The van der Waals surface area contributed by atoms with Crippen LogP contribution >= 0.6 is 0 Å². The lowest BCUT2D eigenvalue weighted by Gasteiger charge is -2.11. The summed E-state index contributed by atoms with van der Waals surface area (Å²) >= 11 is 0. The molecular formula is C22H27N7O. The number of nitrogens with zero attached hydrogens (tertiary/aromatic N) is 4. The van der Waals surface area contributed by atoms with E-state index in [0.717, 1.165) is 17.9 Å². The van der Waals surface area contributed by atoms with E-state index < -0.39 is 0 Å². The first-order valence-electron chi connectivity index (χ1n) is 9.80. The smallest absolute Gasteiger partial charge is 0.224 e. The lowest BCUT2D eigenvalue weighted by molar-refractivity contribution is 0.442. The second-order valence-electron chi connectivity index (χ2n) is 7.32. The Hall–Kier alpha value is -3.68. The minimum absolute atomic E-state index is 0.513. The zero-order valence-corrected chi connectivity index (χ0v) is 17.7. The van der Waals surface area contributed by atoms with Gasteiger partial charge in [0, 0.05) is 43.0 Å². The molecule has 30 heavy (non-hydrogen) atoms. The third-order valence-corrected chi connectivity index (χ3v) is 4.05. The van der Waals surface area contributed by atoms with Crippen molar-refractivity contribution in [1.29, 1.82) is 5.41 Å². The maximum atomic E-state index is 7.60. The van der Waals surface area contributed by atoms with Gasteiger partial charge in [-0.3, -0.25) is 0 Å². The molecular weight excluding hydrogens is 378 g/mol. The predicted molar refractivity (Wildman–Crippen MR) is 118 cm³/mol. The van der Waals surface area contributed by atoms with Crippen molar-refractivity contribution >= 4 is 12.0 Å². The van der Waals surface area contributed by atoms with Gasteiger partial charge in [0.1, 0.15) is 11.6 Å². The predicted octanol–water partition coefficient (Wildman–Crippen LogP) is 4.22. The molecule has 156 valence electrons. The van der Waals surface area contributed by atoms with Crippen molar-refractivity contribution in [2.75, 3.05) is 11.9 Å². The van der Waals surface area contributed by atoms with Crippen LogP contribution in [0.1, 0.15) is 25.2 Å². The highest BCUT2D eigenvalue weighted by Gasteiger charge is 2.12. The Balaban J connectivity index is 1.78. The van der Waals surface area contributed by atoms with Crippen molar-refractivity contribution in [3.63, 3.8) is 0 Å². The van der Waals surface area contributed by atoms with E-state index in [0.29, 0.717) is 34.9 Å². The standard InChI is InChI=1S/C22H27N7O/c1-15(2)13-24-14-18(12-23)27-20-11-19(8-9-25-20)30-22-10-17(4)28-29(22)21-7-5-6-16(3)26-21/h5-12,14-15,23-24H,13H2,1-4H3,(H,25,27)/b18-14+,23-12?. The quantitative estimate of drug-likeness (QED) is 0.461. The van der Waals surface area contributed by atoms with Crippen LogP contribution in [0, 0.1) is 25.2 Å². The maximum absolute atomic E-state index is 7.60. The Morgan fingerprint density at radius 3 is 2.77 bits per heavy atom. The van der Waals surface area contributed by atoms with Crippen LogP contribution in [0.2, 0.25) is 0 Å². The molecule has 0 unspecified atom stereocenters. The van der Waals surface area contributed by atoms with Crippen molar-refractivity contribution in [3.8, 4) is 17.4 Å². The van der Waals surface area contributed by atoms with Crippen LogP contribution in [0.15, 0.2) is 54.5 Å². The van der Waals surface area contributed by atoms with Crippen molar-refractivity contribution in [1.82, 2.24) is 25.1 Å². The molecule has 8 nitrogen and oxygen atoms in total. The lowest BCUT2D eigenvalue weighted by Crippen LogP contribution is -2.16. The monoisotopic (exact) mass is 405 g/mol. The van der Waals surface area contributed by atoms with Gasteiger partial charge in [0.05, 0.1) is 11.4 Å². The number of pyridine rings is 2. The highest BCUT2D eigenvalue weighted by molar-refractivity contribution is 5.80. The van der Waals surface area contributed by atoms with Gasteiger partial charge in [0.25, 0.3) is 0 Å². The minimum atomic E-state index is 0.513. The number of hydrogen-bond donors (Lipinski definition) is 3. The number of nitrogens with one attached hydrogen (secondary N) is 3. The van der Waals surface area contributed by atoms with Gasteiger partial charge >= 0.3 is 0 Å². The highest BCUT2D eigenvalue weighted by atomic mass is 16.5. The zero-order valence-electron chi connectivity index (χ0n) is 17.7. The Morgan fingerprint density at radius 2 is 2.03 bits per heavy atom. The molecule has 0 saturated carbocycles. The molecule has 3 rings (SSSR count). The fourth-order valence-electron chi connectivity index (χ4n) is 2.69. The summed E-state index contributed by atoms with van der Waals surface area (Å²) in [6, 6.07) is 11.2. The number of rotatable bonds is 9. The van der Waals surface area contributed by atoms with E-state index in [4.69, 9.17) is 10.1 Å². The average molecular weight is 406 g/mol. The largest absolute Gasteiger partial charge is 0.439 e. The van der Waals surface area contributed by atoms with Crippen LogP contribution in [0.4, 0.5) is 5.82 Å². The molecule has 0 spiro atoms. The Bertz CT molecular complexity index is 1040. The number of aromatic nitrogens is 4. The van der Waals surface area contributed by atoms with Crippen LogP contribution in [-0.4, -0.2) is 32.5 Å². The summed E-state index contributed by atoms with van der Waals surface area (Å²) in [6.07, 6.45) is 4.66. The molecule has 0 atom stereocenters. The second-order valence-corrected chi connectivity index (χ2v) is 7.32. The maximum Gasteiger partial charge on any atom is 0.224 e. The van der Waals surface area contributed by atoms with E-state index in [9.17, 15) is 0 Å². The van der Waals surface area contributed by atoms with Crippen LogP contribution in [0.5, 0.6) is 11.6 Å². The van der Waals surface area contributed by atoms with E-state index in [2.05, 4.69) is 39.5 Å². The summed E-state index contributed by atoms with van der Waals surface area (Å²) in [5, 5.41) is 18.4. The van der Waals surface area contributed by atoms with E-state index in [1.807, 2.05) is 38.1 Å². The Labute approximate surface area is 176 Å². The van der Waals surface area contributed by atoms with Crippen molar-refractivity contribution in [3.05, 3.63) is 65.9 Å². The SMILES string of the molecule is Cc1cccc(-n2nc(C)cc2Oc2ccnc(N/C(C=N)=C/NCC(C)C)c2)n1. The highest BCUT2D eigenvalue weighted by Crippen LogP contribution is 2.26. The Kier molecular flexibility index (Phi) is 6.79. The van der Waals surface area contributed by atoms with Crippen LogP contribution < -0.4 is 15.4 Å². The van der Waals surface area contributed by atoms with Gasteiger partial charge in [-0.25, -0.2) is 9.97 Å². The van der Waals surface area contributed by atoms with Crippen LogP contribution in [0.3, 0.4) is 0 Å². The fraction of sp³-hybridized carbons (Fsp3) is 0.273. The van der Waals surface area contributed by atoms with Crippen molar-refractivity contribution < 1.29 is 4.74 Å². The van der Waals surface area contributed by atoms with Gasteiger partial charge in [-0.1, -0.05) is 19.9 Å². The van der Waals surface area contributed by atoms with E-state index in [1.54, 1.807) is 29.2 Å². The van der Waals surface area contributed by atoms with Crippen molar-refractivity contribution in [2.24, 2.45) is 5.92 Å². The molecule has 3 aromatic heterocycles. The molecule has 3 N–H and O–H groups in total. The molecule has 0 aromatic carbocycles. The molecule has 8 heteroatoms. The average Bonchev–Trinajstić information content (AvgIpc) is 3.07. The van der Waals surface area contributed by atoms with Gasteiger partial charge < -0.3 is 20.8 Å². The number of anilines is 1. The van der Waals surface area contributed by atoms with Gasteiger partial charge in [-0.15, -0.1) is 0 Å².